The molecule has 2 radical (unpaired) electrons. The predicted octanol–water partition coefficient (Wildman–Crippen LogP) is 2.27. The molecular weight excluding hydrogens is 258 g/mol. The summed E-state index contributed by atoms with van der Waals surface area (Å²) in [5.74, 6) is 1.05. The molecule has 0 atom stereocenters. The van der Waals surface area contributed by atoms with Crippen LogP contribution in [-0.4, -0.2) is 23.4 Å². The fourth-order valence-corrected chi connectivity index (χ4v) is 1.92. The van der Waals surface area contributed by atoms with Crippen LogP contribution in [0, 0.1) is 0 Å². The van der Waals surface area contributed by atoms with Crippen LogP contribution in [0.1, 0.15) is 25.0 Å². The second-order valence-electron chi connectivity index (χ2n) is 2.69. The first-order valence-electron chi connectivity index (χ1n) is 4.25. The van der Waals surface area contributed by atoms with Crippen LogP contribution in [0.3, 0.4) is 0 Å². The number of benzene rings is 1. The Morgan fingerprint density at radius 2 is 2.00 bits per heavy atom. The third kappa shape index (κ3) is 1.95. The fraction of sp³-hybridized carbons (Fsp3) is 0.400. The van der Waals surface area contributed by atoms with E-state index in [1.807, 2.05) is 6.07 Å². The first-order valence-corrected chi connectivity index (χ1v) is 5.29. The van der Waals surface area contributed by atoms with E-state index in [0.29, 0.717) is 0 Å². The number of rotatable bonds is 3. The molecule has 1 rings (SSSR count). The molecule has 0 spiro atoms. The average Bonchev–Trinajstić information content (AvgIpc) is 2.16. The molecule has 2 heteroatoms. The van der Waals surface area contributed by atoms with Crippen LogP contribution in [0.2, 0.25) is 0 Å². The van der Waals surface area contributed by atoms with Crippen LogP contribution < -0.4 is 3.02 Å². The molecule has 0 unspecified atom stereocenters. The Labute approximate surface area is 88.2 Å². The van der Waals surface area contributed by atoms with E-state index in [9.17, 15) is 0 Å². The van der Waals surface area contributed by atoms with Gasteiger partial charge in [-0.15, -0.1) is 0 Å². The number of aryl methyl sites for hydroxylation is 1. The van der Waals surface area contributed by atoms with E-state index < -0.39 is 0 Å². The van der Waals surface area contributed by atoms with Gasteiger partial charge in [0, 0.05) is 0 Å². The van der Waals surface area contributed by atoms with Crippen LogP contribution in [0.5, 0.6) is 5.75 Å². The average molecular weight is 271 g/mol. The molecule has 1 nitrogen and oxygen atoms in total. The van der Waals surface area contributed by atoms with E-state index in [0.717, 1.165) is 18.6 Å². The Balaban J connectivity index is 3.13. The number of hydrogen-bond acceptors (Lipinski definition) is 1. The molecule has 1 aromatic carbocycles. The van der Waals surface area contributed by atoms with E-state index in [1.165, 1.54) is 34.6 Å². The van der Waals surface area contributed by atoms with E-state index in [4.69, 9.17) is 3.02 Å². The normalized spacial score (nSPS) is 9.92. The van der Waals surface area contributed by atoms with Crippen LogP contribution in [-0.2, 0) is 12.8 Å². The Kier molecular flexibility index (Phi) is 3.94. The molecule has 0 N–H and O–H groups in total. The van der Waals surface area contributed by atoms with Crippen molar-refractivity contribution in [2.75, 3.05) is 0 Å². The van der Waals surface area contributed by atoms with E-state index >= 15 is 0 Å². The second kappa shape index (κ2) is 4.76. The summed E-state index contributed by atoms with van der Waals surface area (Å²) in [6, 6.07) is 6.27. The first kappa shape index (κ1) is 9.92. The van der Waals surface area contributed by atoms with Gasteiger partial charge >= 0.3 is 88.2 Å². The summed E-state index contributed by atoms with van der Waals surface area (Å²) < 4.78 is 5.33. The summed E-state index contributed by atoms with van der Waals surface area (Å²) in [4.78, 5) is 0. The van der Waals surface area contributed by atoms with Gasteiger partial charge in [0.1, 0.15) is 0 Å². The minimum atomic E-state index is 1.05. The molecule has 0 aliphatic carbocycles. The van der Waals surface area contributed by atoms with Crippen molar-refractivity contribution < 1.29 is 3.02 Å². The first-order chi connectivity index (χ1) is 5.83. The maximum absolute atomic E-state index is 5.33. The summed E-state index contributed by atoms with van der Waals surface area (Å²) in [5, 5.41) is 0. The molecule has 0 aromatic heterocycles. The van der Waals surface area contributed by atoms with Crippen molar-refractivity contribution in [1.82, 2.24) is 0 Å². The van der Waals surface area contributed by atoms with E-state index in [1.54, 1.807) is 0 Å². The van der Waals surface area contributed by atoms with Crippen LogP contribution in [0.4, 0.5) is 0 Å². The molecule has 0 bridgehead atoms. The SMILES string of the molecule is CCc1cccc([O][Sb])c1CC. The van der Waals surface area contributed by atoms with Gasteiger partial charge in [0.25, 0.3) is 0 Å². The van der Waals surface area contributed by atoms with Gasteiger partial charge in [-0.2, -0.15) is 0 Å². The molecule has 64 valence electrons. The van der Waals surface area contributed by atoms with E-state index in [2.05, 4.69) is 26.0 Å². The molecular formula is C10H13OSb. The van der Waals surface area contributed by atoms with Crippen LogP contribution in [0.15, 0.2) is 18.2 Å². The molecule has 0 aliphatic heterocycles. The molecule has 0 aliphatic rings. The van der Waals surface area contributed by atoms with Gasteiger partial charge < -0.3 is 0 Å². The topological polar surface area (TPSA) is 9.23 Å². The van der Waals surface area contributed by atoms with Crippen LogP contribution in [0.25, 0.3) is 0 Å². The standard InChI is InChI=1S/C10H14O.Sb/c1-3-8-6-5-7-10(11)9(8)4-2;/h5-7,11H,3-4H2,1-2H3;/q;+1/p-1. The zero-order valence-electron chi connectivity index (χ0n) is 7.50. The minimum absolute atomic E-state index is 1.05. The van der Waals surface area contributed by atoms with Crippen molar-refractivity contribution in [2.24, 2.45) is 0 Å². The Bertz CT molecular complexity index is 236. The quantitative estimate of drug-likeness (QED) is 0.766. The van der Waals surface area contributed by atoms with Crippen molar-refractivity contribution in [2.45, 2.75) is 26.7 Å². The monoisotopic (exact) mass is 270 g/mol. The zero-order valence-corrected chi connectivity index (χ0v) is 10.1. The maximum atomic E-state index is 5.33. The van der Waals surface area contributed by atoms with Gasteiger partial charge in [-0.05, 0) is 0 Å². The van der Waals surface area contributed by atoms with Crippen molar-refractivity contribution >= 4 is 23.4 Å². The fourth-order valence-electron chi connectivity index (χ4n) is 1.43. The summed E-state index contributed by atoms with van der Waals surface area (Å²) >= 11 is 1.39. The van der Waals surface area contributed by atoms with Gasteiger partial charge in [0.2, 0.25) is 0 Å². The Hall–Kier alpha value is -0.162. The van der Waals surface area contributed by atoms with Crippen molar-refractivity contribution in [3.63, 3.8) is 0 Å². The van der Waals surface area contributed by atoms with Gasteiger partial charge in [0.15, 0.2) is 0 Å². The van der Waals surface area contributed by atoms with E-state index in [-0.39, 0.29) is 0 Å². The summed E-state index contributed by atoms with van der Waals surface area (Å²) in [6.07, 6.45) is 2.15. The zero-order chi connectivity index (χ0) is 8.97. The second-order valence-corrected chi connectivity index (χ2v) is 3.21. The summed E-state index contributed by atoms with van der Waals surface area (Å²) in [7, 11) is 0. The third-order valence-corrected chi connectivity index (χ3v) is 2.62. The van der Waals surface area contributed by atoms with Gasteiger partial charge in [-0.25, -0.2) is 0 Å². The van der Waals surface area contributed by atoms with Crippen LogP contribution >= 0.6 is 0 Å². The summed E-state index contributed by atoms with van der Waals surface area (Å²) in [6.45, 7) is 4.35. The molecule has 1 aromatic rings. The predicted molar refractivity (Wildman–Crippen MR) is 51.6 cm³/mol. The number of hydrogen-bond donors (Lipinski definition) is 0. The Morgan fingerprint density at radius 1 is 1.25 bits per heavy atom. The molecule has 0 amide bonds. The van der Waals surface area contributed by atoms with Gasteiger partial charge in [0.05, 0.1) is 0 Å². The molecule has 12 heavy (non-hydrogen) atoms. The van der Waals surface area contributed by atoms with Crippen molar-refractivity contribution in [3.8, 4) is 5.75 Å². The Morgan fingerprint density at radius 3 is 2.50 bits per heavy atom. The van der Waals surface area contributed by atoms with Crippen molar-refractivity contribution in [1.29, 1.82) is 0 Å². The molecule has 0 saturated carbocycles. The van der Waals surface area contributed by atoms with Crippen molar-refractivity contribution in [3.05, 3.63) is 29.3 Å². The summed E-state index contributed by atoms with van der Waals surface area (Å²) in [5.41, 5.74) is 2.77. The molecule has 0 heterocycles. The van der Waals surface area contributed by atoms with Gasteiger partial charge in [-0.3, -0.25) is 0 Å². The molecule has 0 saturated heterocycles. The molecule has 0 fully saturated rings. The van der Waals surface area contributed by atoms with Gasteiger partial charge in [-0.1, -0.05) is 0 Å². The third-order valence-electron chi connectivity index (χ3n) is 2.06.